The standard InChI is InChI=1S/C17H24N2O5/c1-17(2,3)16(24)19-6-4-5-18(7-8-19)15(23)11-9-12(20)14(22)13(21)10-11/h9-10,20-22H,4-8H2,1-3H3. The van der Waals surface area contributed by atoms with Gasteiger partial charge in [-0.1, -0.05) is 20.8 Å². The maximum absolute atomic E-state index is 12.6. The van der Waals surface area contributed by atoms with Gasteiger partial charge in [-0.2, -0.15) is 0 Å². The molecule has 0 spiro atoms. The lowest BCUT2D eigenvalue weighted by molar-refractivity contribution is -0.139. The zero-order chi connectivity index (χ0) is 18.1. The zero-order valence-electron chi connectivity index (χ0n) is 14.2. The van der Waals surface area contributed by atoms with E-state index in [1.165, 1.54) is 0 Å². The Morgan fingerprint density at radius 1 is 0.917 bits per heavy atom. The molecule has 0 radical (unpaired) electrons. The number of amides is 2. The smallest absolute Gasteiger partial charge is 0.254 e. The average molecular weight is 336 g/mol. The minimum absolute atomic E-state index is 0.0525. The summed E-state index contributed by atoms with van der Waals surface area (Å²) in [7, 11) is 0. The predicted molar refractivity (Wildman–Crippen MR) is 88.0 cm³/mol. The van der Waals surface area contributed by atoms with Crippen LogP contribution in [0.25, 0.3) is 0 Å². The van der Waals surface area contributed by atoms with E-state index >= 15 is 0 Å². The molecule has 1 aliphatic heterocycles. The molecule has 1 aliphatic rings. The van der Waals surface area contributed by atoms with Crippen molar-refractivity contribution in [1.82, 2.24) is 9.80 Å². The fourth-order valence-corrected chi connectivity index (χ4v) is 2.71. The summed E-state index contributed by atoms with van der Waals surface area (Å²) >= 11 is 0. The molecule has 132 valence electrons. The zero-order valence-corrected chi connectivity index (χ0v) is 14.2. The Morgan fingerprint density at radius 2 is 1.42 bits per heavy atom. The fourth-order valence-electron chi connectivity index (χ4n) is 2.71. The van der Waals surface area contributed by atoms with Crippen molar-refractivity contribution >= 4 is 11.8 Å². The van der Waals surface area contributed by atoms with Gasteiger partial charge < -0.3 is 25.1 Å². The van der Waals surface area contributed by atoms with Crippen LogP contribution < -0.4 is 0 Å². The Hall–Kier alpha value is -2.44. The average Bonchev–Trinajstić information content (AvgIpc) is 2.75. The van der Waals surface area contributed by atoms with Crippen molar-refractivity contribution < 1.29 is 24.9 Å². The van der Waals surface area contributed by atoms with Gasteiger partial charge in [0.2, 0.25) is 5.91 Å². The highest BCUT2D eigenvalue weighted by molar-refractivity contribution is 5.95. The number of rotatable bonds is 1. The molecule has 0 aromatic heterocycles. The third-order valence-electron chi connectivity index (χ3n) is 4.03. The van der Waals surface area contributed by atoms with Crippen LogP contribution in [0.2, 0.25) is 0 Å². The van der Waals surface area contributed by atoms with Crippen molar-refractivity contribution in [2.75, 3.05) is 26.2 Å². The number of nitrogens with zero attached hydrogens (tertiary/aromatic N) is 2. The molecule has 1 aromatic rings. The monoisotopic (exact) mass is 336 g/mol. The van der Waals surface area contributed by atoms with Crippen LogP contribution in [0, 0.1) is 5.41 Å². The van der Waals surface area contributed by atoms with E-state index in [9.17, 15) is 24.9 Å². The highest BCUT2D eigenvalue weighted by Gasteiger charge is 2.30. The summed E-state index contributed by atoms with van der Waals surface area (Å²) in [5.41, 5.74) is -0.369. The van der Waals surface area contributed by atoms with E-state index in [0.717, 1.165) is 12.1 Å². The van der Waals surface area contributed by atoms with E-state index in [-0.39, 0.29) is 17.4 Å². The molecular formula is C17H24N2O5. The molecule has 0 bridgehead atoms. The molecule has 0 atom stereocenters. The van der Waals surface area contributed by atoms with Crippen LogP contribution in [-0.2, 0) is 4.79 Å². The molecule has 0 saturated carbocycles. The van der Waals surface area contributed by atoms with Gasteiger partial charge in [-0.15, -0.1) is 0 Å². The van der Waals surface area contributed by atoms with Crippen molar-refractivity contribution in [3.63, 3.8) is 0 Å². The van der Waals surface area contributed by atoms with Gasteiger partial charge in [0.05, 0.1) is 0 Å². The van der Waals surface area contributed by atoms with Crippen molar-refractivity contribution in [3.05, 3.63) is 17.7 Å². The first-order valence-corrected chi connectivity index (χ1v) is 7.95. The normalized spacial score (nSPS) is 16.0. The minimum Gasteiger partial charge on any atom is -0.504 e. The molecule has 7 nitrogen and oxygen atoms in total. The number of phenols is 3. The van der Waals surface area contributed by atoms with Crippen LogP contribution in [0.5, 0.6) is 17.2 Å². The quantitative estimate of drug-likeness (QED) is 0.675. The van der Waals surface area contributed by atoms with Crippen molar-refractivity contribution in [1.29, 1.82) is 0 Å². The first-order chi connectivity index (χ1) is 11.1. The molecule has 2 rings (SSSR count). The van der Waals surface area contributed by atoms with E-state index in [4.69, 9.17) is 0 Å². The molecule has 7 heteroatoms. The summed E-state index contributed by atoms with van der Waals surface area (Å²) in [6, 6.07) is 2.25. The number of carbonyl (C=O) groups excluding carboxylic acids is 2. The lowest BCUT2D eigenvalue weighted by atomic mass is 9.94. The van der Waals surface area contributed by atoms with Gasteiger partial charge in [0.25, 0.3) is 5.91 Å². The maximum Gasteiger partial charge on any atom is 0.254 e. The SMILES string of the molecule is CC(C)(C)C(=O)N1CCCN(C(=O)c2cc(O)c(O)c(O)c2)CC1. The molecule has 3 N–H and O–H groups in total. The molecule has 1 heterocycles. The summed E-state index contributed by atoms with van der Waals surface area (Å²) in [5.74, 6) is -2.04. The van der Waals surface area contributed by atoms with Gasteiger partial charge in [0, 0.05) is 37.2 Å². The lowest BCUT2D eigenvalue weighted by Crippen LogP contribution is -2.42. The van der Waals surface area contributed by atoms with Crippen LogP contribution >= 0.6 is 0 Å². The maximum atomic E-state index is 12.6. The number of carbonyl (C=O) groups is 2. The van der Waals surface area contributed by atoms with Crippen LogP contribution in [-0.4, -0.2) is 63.1 Å². The van der Waals surface area contributed by atoms with Crippen molar-refractivity contribution in [2.24, 2.45) is 5.41 Å². The Bertz CT molecular complexity index is 628. The third-order valence-corrected chi connectivity index (χ3v) is 4.03. The first kappa shape index (κ1) is 17.9. The first-order valence-electron chi connectivity index (χ1n) is 7.95. The second-order valence-corrected chi connectivity index (χ2v) is 7.05. The number of phenolic OH excluding ortho intramolecular Hbond substituents is 3. The Labute approximate surface area is 141 Å². The third kappa shape index (κ3) is 3.72. The van der Waals surface area contributed by atoms with Gasteiger partial charge in [-0.05, 0) is 18.6 Å². The van der Waals surface area contributed by atoms with Gasteiger partial charge in [-0.25, -0.2) is 0 Å². The van der Waals surface area contributed by atoms with Crippen molar-refractivity contribution in [3.8, 4) is 17.2 Å². The molecule has 2 amide bonds. The Balaban J connectivity index is 2.11. The van der Waals surface area contributed by atoms with Crippen LogP contribution in [0.4, 0.5) is 0 Å². The van der Waals surface area contributed by atoms with Crippen LogP contribution in [0.15, 0.2) is 12.1 Å². The second-order valence-electron chi connectivity index (χ2n) is 7.05. The summed E-state index contributed by atoms with van der Waals surface area (Å²) in [6.07, 6.45) is 0.656. The molecule has 1 fully saturated rings. The molecular weight excluding hydrogens is 312 g/mol. The van der Waals surface area contributed by atoms with Crippen LogP contribution in [0.1, 0.15) is 37.6 Å². The topological polar surface area (TPSA) is 101 Å². The summed E-state index contributed by atoms with van der Waals surface area (Å²) in [5, 5.41) is 28.5. The van der Waals surface area contributed by atoms with E-state index < -0.39 is 22.7 Å². The summed E-state index contributed by atoms with van der Waals surface area (Å²) in [4.78, 5) is 28.3. The highest BCUT2D eigenvalue weighted by atomic mass is 16.3. The lowest BCUT2D eigenvalue weighted by Gasteiger charge is -2.28. The Morgan fingerprint density at radius 3 is 1.96 bits per heavy atom. The number of benzene rings is 1. The van der Waals surface area contributed by atoms with Gasteiger partial charge in [0.1, 0.15) is 0 Å². The number of hydrogen-bond acceptors (Lipinski definition) is 5. The van der Waals surface area contributed by atoms with Gasteiger partial charge in [0.15, 0.2) is 17.2 Å². The second kappa shape index (κ2) is 6.59. The van der Waals surface area contributed by atoms with Gasteiger partial charge >= 0.3 is 0 Å². The molecule has 1 aromatic carbocycles. The molecule has 1 saturated heterocycles. The van der Waals surface area contributed by atoms with E-state index in [1.54, 1.807) is 9.80 Å². The molecule has 0 unspecified atom stereocenters. The molecule has 24 heavy (non-hydrogen) atoms. The van der Waals surface area contributed by atoms with Crippen LogP contribution in [0.3, 0.4) is 0 Å². The van der Waals surface area contributed by atoms with Gasteiger partial charge in [-0.3, -0.25) is 9.59 Å². The van der Waals surface area contributed by atoms with E-state index in [1.807, 2.05) is 20.8 Å². The summed E-state index contributed by atoms with van der Waals surface area (Å²) < 4.78 is 0. The summed E-state index contributed by atoms with van der Waals surface area (Å²) in [6.45, 7) is 7.49. The fraction of sp³-hybridized carbons (Fsp3) is 0.529. The Kier molecular flexibility index (Phi) is 4.91. The minimum atomic E-state index is -0.649. The molecule has 0 aliphatic carbocycles. The van der Waals surface area contributed by atoms with E-state index in [2.05, 4.69) is 0 Å². The van der Waals surface area contributed by atoms with Crippen molar-refractivity contribution in [2.45, 2.75) is 27.2 Å². The number of hydrogen-bond donors (Lipinski definition) is 3. The highest BCUT2D eigenvalue weighted by Crippen LogP contribution is 2.35. The number of aromatic hydroxyl groups is 3. The van der Waals surface area contributed by atoms with E-state index in [0.29, 0.717) is 32.6 Å². The largest absolute Gasteiger partial charge is 0.504 e. The predicted octanol–water partition coefficient (Wildman–Crippen LogP) is 1.52.